The topological polar surface area (TPSA) is 63.6 Å². The Bertz CT molecular complexity index is 220. The fraction of sp³-hybridized carbons (Fsp3) is 0.800. The minimum Gasteiger partial charge on any atom is -0.481 e. The summed E-state index contributed by atoms with van der Waals surface area (Å²) in [4.78, 5) is 22.4. The predicted octanol–water partition coefficient (Wildman–Crippen LogP) is 1.69. The molecular weight excluding hydrogens is 184 g/mol. The van der Waals surface area contributed by atoms with Gasteiger partial charge in [0, 0.05) is 0 Å². The van der Waals surface area contributed by atoms with Crippen LogP contribution in [0.3, 0.4) is 0 Å². The molecule has 82 valence electrons. The maximum absolute atomic E-state index is 11.5. The standard InChI is InChI=1S/C10H18O4/c1-5-7(8(11)12)10(3,4)9(13)14-6-2/h7H,5-6H2,1-4H3,(H,11,12). The zero-order valence-electron chi connectivity index (χ0n) is 9.16. The van der Waals surface area contributed by atoms with E-state index in [0.717, 1.165) is 0 Å². The van der Waals surface area contributed by atoms with E-state index in [-0.39, 0.29) is 6.61 Å². The van der Waals surface area contributed by atoms with Gasteiger partial charge in [0.25, 0.3) is 0 Å². The van der Waals surface area contributed by atoms with Crippen molar-refractivity contribution in [3.8, 4) is 0 Å². The molecule has 0 rings (SSSR count). The molecule has 0 aromatic carbocycles. The Morgan fingerprint density at radius 2 is 1.86 bits per heavy atom. The van der Waals surface area contributed by atoms with Crippen molar-refractivity contribution in [3.05, 3.63) is 0 Å². The Balaban J connectivity index is 4.71. The average molecular weight is 202 g/mol. The first-order valence-corrected chi connectivity index (χ1v) is 4.77. The van der Waals surface area contributed by atoms with Crippen LogP contribution < -0.4 is 0 Å². The Labute approximate surface area is 84.3 Å². The van der Waals surface area contributed by atoms with Crippen LogP contribution in [0.5, 0.6) is 0 Å². The smallest absolute Gasteiger partial charge is 0.312 e. The number of carboxylic acid groups (broad SMARTS) is 1. The molecule has 0 spiro atoms. The zero-order chi connectivity index (χ0) is 11.4. The van der Waals surface area contributed by atoms with Crippen molar-refractivity contribution >= 4 is 11.9 Å². The molecular formula is C10H18O4. The van der Waals surface area contributed by atoms with Crippen LogP contribution >= 0.6 is 0 Å². The molecule has 0 fully saturated rings. The van der Waals surface area contributed by atoms with Crippen molar-refractivity contribution in [1.82, 2.24) is 0 Å². The van der Waals surface area contributed by atoms with E-state index >= 15 is 0 Å². The van der Waals surface area contributed by atoms with E-state index in [4.69, 9.17) is 9.84 Å². The molecule has 0 heterocycles. The van der Waals surface area contributed by atoms with E-state index in [1.165, 1.54) is 0 Å². The lowest BCUT2D eigenvalue weighted by Gasteiger charge is -2.28. The minimum atomic E-state index is -0.962. The first-order valence-electron chi connectivity index (χ1n) is 4.77. The largest absolute Gasteiger partial charge is 0.481 e. The van der Waals surface area contributed by atoms with Gasteiger partial charge in [-0.3, -0.25) is 9.59 Å². The Morgan fingerprint density at radius 1 is 1.36 bits per heavy atom. The number of carboxylic acids is 1. The van der Waals surface area contributed by atoms with Gasteiger partial charge in [-0.25, -0.2) is 0 Å². The van der Waals surface area contributed by atoms with Crippen molar-refractivity contribution in [3.63, 3.8) is 0 Å². The highest BCUT2D eigenvalue weighted by Crippen LogP contribution is 2.31. The van der Waals surface area contributed by atoms with Crippen LogP contribution in [0.1, 0.15) is 34.1 Å². The summed E-state index contributed by atoms with van der Waals surface area (Å²) >= 11 is 0. The summed E-state index contributed by atoms with van der Waals surface area (Å²) in [6.45, 7) is 6.94. The molecule has 4 nitrogen and oxygen atoms in total. The summed E-state index contributed by atoms with van der Waals surface area (Å²) < 4.78 is 4.84. The van der Waals surface area contributed by atoms with Gasteiger partial charge in [0.05, 0.1) is 17.9 Å². The van der Waals surface area contributed by atoms with Gasteiger partial charge < -0.3 is 9.84 Å². The van der Waals surface area contributed by atoms with Crippen LogP contribution in [0.15, 0.2) is 0 Å². The highest BCUT2D eigenvalue weighted by Gasteiger charge is 2.41. The summed E-state index contributed by atoms with van der Waals surface area (Å²) in [7, 11) is 0. The number of ether oxygens (including phenoxy) is 1. The van der Waals surface area contributed by atoms with Crippen molar-refractivity contribution in [2.75, 3.05) is 6.61 Å². The predicted molar refractivity (Wildman–Crippen MR) is 51.8 cm³/mol. The highest BCUT2D eigenvalue weighted by molar-refractivity contribution is 5.83. The molecule has 0 saturated heterocycles. The lowest BCUT2D eigenvalue weighted by Crippen LogP contribution is -2.38. The van der Waals surface area contributed by atoms with E-state index in [1.807, 2.05) is 0 Å². The molecule has 0 amide bonds. The van der Waals surface area contributed by atoms with Gasteiger partial charge in [0.15, 0.2) is 0 Å². The lowest BCUT2D eigenvalue weighted by molar-refractivity contribution is -0.164. The number of rotatable bonds is 5. The highest BCUT2D eigenvalue weighted by atomic mass is 16.5. The lowest BCUT2D eigenvalue weighted by atomic mass is 9.77. The van der Waals surface area contributed by atoms with Crippen molar-refractivity contribution in [2.24, 2.45) is 11.3 Å². The number of aliphatic carboxylic acids is 1. The fourth-order valence-electron chi connectivity index (χ4n) is 1.45. The van der Waals surface area contributed by atoms with Crippen LogP contribution in [0, 0.1) is 11.3 Å². The normalized spacial score (nSPS) is 13.4. The van der Waals surface area contributed by atoms with Crippen LogP contribution in [-0.4, -0.2) is 23.7 Å². The van der Waals surface area contributed by atoms with Gasteiger partial charge in [0.2, 0.25) is 0 Å². The summed E-state index contributed by atoms with van der Waals surface area (Å²) in [6, 6.07) is 0. The van der Waals surface area contributed by atoms with Gasteiger partial charge in [0.1, 0.15) is 0 Å². The Morgan fingerprint density at radius 3 is 2.14 bits per heavy atom. The third-order valence-corrected chi connectivity index (χ3v) is 2.38. The second kappa shape index (κ2) is 4.98. The van der Waals surface area contributed by atoms with E-state index in [1.54, 1.807) is 27.7 Å². The molecule has 0 saturated carbocycles. The molecule has 4 heteroatoms. The fourth-order valence-corrected chi connectivity index (χ4v) is 1.45. The zero-order valence-corrected chi connectivity index (χ0v) is 9.16. The second-order valence-corrected chi connectivity index (χ2v) is 3.74. The molecule has 0 aliphatic carbocycles. The van der Waals surface area contributed by atoms with Crippen LogP contribution in [-0.2, 0) is 14.3 Å². The second-order valence-electron chi connectivity index (χ2n) is 3.74. The molecule has 0 aromatic heterocycles. The third-order valence-electron chi connectivity index (χ3n) is 2.38. The SMILES string of the molecule is CCOC(=O)C(C)(C)C(CC)C(=O)O. The molecule has 0 radical (unpaired) electrons. The summed E-state index contributed by atoms with van der Waals surface area (Å²) in [5.41, 5.74) is -0.962. The monoisotopic (exact) mass is 202 g/mol. The first-order chi connectivity index (χ1) is 6.37. The number of carbonyl (C=O) groups is 2. The maximum atomic E-state index is 11.5. The molecule has 1 unspecified atom stereocenters. The molecule has 0 aliphatic rings. The first kappa shape index (κ1) is 12.9. The van der Waals surface area contributed by atoms with Gasteiger partial charge >= 0.3 is 11.9 Å². The maximum Gasteiger partial charge on any atom is 0.312 e. The molecule has 0 aliphatic heterocycles. The van der Waals surface area contributed by atoms with E-state index < -0.39 is 23.3 Å². The van der Waals surface area contributed by atoms with Crippen molar-refractivity contribution in [1.29, 1.82) is 0 Å². The van der Waals surface area contributed by atoms with E-state index in [9.17, 15) is 9.59 Å². The van der Waals surface area contributed by atoms with E-state index in [0.29, 0.717) is 6.42 Å². The van der Waals surface area contributed by atoms with E-state index in [2.05, 4.69) is 0 Å². The minimum absolute atomic E-state index is 0.276. The molecule has 0 aromatic rings. The van der Waals surface area contributed by atoms with Gasteiger partial charge in [-0.2, -0.15) is 0 Å². The molecule has 1 N–H and O–H groups in total. The van der Waals surface area contributed by atoms with Gasteiger partial charge in [-0.15, -0.1) is 0 Å². The van der Waals surface area contributed by atoms with Crippen LogP contribution in [0.25, 0.3) is 0 Å². The number of carbonyl (C=O) groups excluding carboxylic acids is 1. The molecule has 0 bridgehead atoms. The van der Waals surface area contributed by atoms with Gasteiger partial charge in [-0.05, 0) is 27.2 Å². The average Bonchev–Trinajstić information content (AvgIpc) is 2.04. The third kappa shape index (κ3) is 2.72. The summed E-state index contributed by atoms with van der Waals surface area (Å²) in [6.07, 6.45) is 0.418. The summed E-state index contributed by atoms with van der Waals surface area (Å²) in [5.74, 6) is -2.10. The Kier molecular flexibility index (Phi) is 4.60. The number of esters is 1. The van der Waals surface area contributed by atoms with Crippen molar-refractivity contribution in [2.45, 2.75) is 34.1 Å². The number of hydrogen-bond acceptors (Lipinski definition) is 3. The Hall–Kier alpha value is -1.06. The van der Waals surface area contributed by atoms with Crippen LogP contribution in [0.4, 0.5) is 0 Å². The van der Waals surface area contributed by atoms with Gasteiger partial charge in [-0.1, -0.05) is 6.92 Å². The molecule has 14 heavy (non-hydrogen) atoms. The van der Waals surface area contributed by atoms with Crippen molar-refractivity contribution < 1.29 is 19.4 Å². The quantitative estimate of drug-likeness (QED) is 0.689. The van der Waals surface area contributed by atoms with Crippen LogP contribution in [0.2, 0.25) is 0 Å². The molecule has 1 atom stereocenters. The summed E-state index contributed by atoms with van der Waals surface area (Å²) in [5, 5.41) is 8.92. The number of hydrogen-bond donors (Lipinski definition) is 1.